The van der Waals surface area contributed by atoms with Gasteiger partial charge in [0.1, 0.15) is 6.17 Å². The lowest BCUT2D eigenvalue weighted by atomic mass is 9.98. The molecule has 3 unspecified atom stereocenters. The van der Waals surface area contributed by atoms with Gasteiger partial charge in [-0.2, -0.15) is 0 Å². The number of carbonyl (C=O) groups is 8. The summed E-state index contributed by atoms with van der Waals surface area (Å²) in [6.45, 7) is 78.0. The van der Waals surface area contributed by atoms with Crippen LogP contribution in [0.3, 0.4) is 0 Å². The van der Waals surface area contributed by atoms with Gasteiger partial charge in [-0.3, -0.25) is 44.0 Å². The number of amides is 15. The summed E-state index contributed by atoms with van der Waals surface area (Å²) in [5.74, 6) is -2.78. The van der Waals surface area contributed by atoms with Crippen LogP contribution in [0.4, 0.5) is 55.5 Å². The number of halogens is 5. The predicted octanol–water partition coefficient (Wildman–Crippen LogP) is 9.89. The molecule has 17 heterocycles. The Labute approximate surface area is 867 Å². The Morgan fingerprint density at radius 1 is 0.255 bits per heavy atom. The van der Waals surface area contributed by atoms with E-state index in [-0.39, 0.29) is 93.1 Å². The molecule has 0 aliphatic carbocycles. The lowest BCUT2D eigenvalue weighted by Crippen LogP contribution is -2.56. The van der Waals surface area contributed by atoms with Gasteiger partial charge < -0.3 is 92.8 Å². The number of carbonyl (C=O) groups excluding carboxylic acids is 8. The normalized spacial score (nSPS) is 25.5. The topological polar surface area (TPSA) is 259 Å². The molecule has 17 fully saturated rings. The zero-order valence-electron chi connectivity index (χ0n) is 92.5. The number of aliphatic hydroxyl groups excluding tert-OH is 1. The molecule has 40 heteroatoms. The molecule has 0 bridgehead atoms. The number of nitrogens with zero attached hydrogens (tertiary/aromatic N) is 23. The molecule has 836 valence electrons. The van der Waals surface area contributed by atoms with Crippen LogP contribution < -0.4 is 0 Å². The van der Waals surface area contributed by atoms with E-state index < -0.39 is 24.6 Å². The quantitative estimate of drug-likeness (QED) is 0.211. The number of likely N-dealkylation sites (tertiary alicyclic amines) is 6. The van der Waals surface area contributed by atoms with Crippen molar-refractivity contribution >= 4 is 48.1 Å². The van der Waals surface area contributed by atoms with Crippen molar-refractivity contribution in [2.75, 3.05) is 341 Å². The molecule has 0 aromatic carbocycles. The molecule has 0 radical (unpaired) electrons. The van der Waals surface area contributed by atoms with E-state index in [1.165, 1.54) is 4.90 Å². The highest BCUT2D eigenvalue weighted by Crippen LogP contribution is 2.33. The van der Waals surface area contributed by atoms with Crippen molar-refractivity contribution in [3.8, 4) is 0 Å². The largest absolute Gasteiger partial charge is 0.393 e. The number of morpholine rings is 1. The van der Waals surface area contributed by atoms with Gasteiger partial charge in [0.15, 0.2) is 0 Å². The Bertz CT molecular complexity index is 3650. The van der Waals surface area contributed by atoms with Crippen molar-refractivity contribution in [2.24, 2.45) is 23.7 Å². The van der Waals surface area contributed by atoms with Gasteiger partial charge in [0.05, 0.1) is 45.6 Å². The van der Waals surface area contributed by atoms with E-state index in [1.54, 1.807) is 19.6 Å². The highest BCUT2D eigenvalue weighted by atomic mass is 19.3. The molecule has 35 nitrogen and oxygen atoms in total. The minimum Gasteiger partial charge on any atom is -0.393 e. The number of ether oxygens (including phenoxy) is 3. The first-order valence-electron chi connectivity index (χ1n) is 56.3. The molecule has 17 saturated heterocycles. The molecule has 3 atom stereocenters. The number of fused-ring (bicyclic) bond motifs is 1. The summed E-state index contributed by atoms with van der Waals surface area (Å²) in [5, 5.41) is 9.46. The van der Waals surface area contributed by atoms with E-state index in [2.05, 4.69) is 162 Å². The van der Waals surface area contributed by atoms with Gasteiger partial charge in [0, 0.05) is 387 Å². The second-order valence-electron chi connectivity index (χ2n) is 45.5. The maximum absolute atomic E-state index is 13.3. The summed E-state index contributed by atoms with van der Waals surface area (Å²) in [5.41, 5.74) is 0. The molecule has 1 N–H and O–H groups in total. The summed E-state index contributed by atoms with van der Waals surface area (Å²) in [6, 6.07) is 5.01. The smallest absolute Gasteiger partial charge is 0.320 e. The third-order valence-electron chi connectivity index (χ3n) is 32.8. The Morgan fingerprint density at radius 3 is 0.828 bits per heavy atom. The standard InChI is InChI=1S/C14H25N3O2.C14H27N3O.2C13H23F2N3O.C13H24FN3O.C13H25N3O2.C13H24N2O2.C12H23N3O2/c1-11(2)15-3-5-16(6-4-15)14(18)17-7-12-9-19-10-13(12)8-17;1-12(2)15-8-10-17(11-9-15)14(18)16-6-4-13(3)5-7-16;1-11(2)16-7-9-18(10-8-16)12(19)17-5-3-13(14,15)4-6-17;1-11(2)16-6-8-17(9-7-16)12(19)18-5-3-4-13(14,15)10-18;1-11(2)15-6-8-16(9-7-15)13(18)17-5-3-4-12(14)10-17;1-11(2)14-7-9-16(10-8-14)13(18)15-5-3-12(17)4-6-15;1-11(2)14-5-7-15(8-6-14)13(16)12-3-9-17-10-4-12;1-11(2)13-3-5-14(6-4-13)12(16)15-7-9-17-10-8-15/h11-13H,3-10H2,1-2H3;12-13H,4-11H2,1-3H3;2*11H,3-10H2,1-2H3;11-12H,3-10H2,1-2H3;11-12,17H,3-10H2,1-2H3;11-12H,3-10H2,1-2H3;11H,3-10H2,1-2H3. The van der Waals surface area contributed by atoms with Crippen LogP contribution in [0.25, 0.3) is 0 Å². The first-order valence-corrected chi connectivity index (χ1v) is 56.3. The summed E-state index contributed by atoms with van der Waals surface area (Å²) in [7, 11) is 0. The Morgan fingerprint density at radius 2 is 0.517 bits per heavy atom. The molecule has 0 spiro atoms. The van der Waals surface area contributed by atoms with Crippen LogP contribution in [0, 0.1) is 23.7 Å². The van der Waals surface area contributed by atoms with E-state index in [1.807, 2.05) is 44.1 Å². The SMILES string of the molecule is CC(C)N1CCN(C(=O)C2CCOCC2)CC1.CC(C)N1CCN(C(=O)N2CC3COCC3C2)CC1.CC(C)N1CCN(C(=O)N2CCC(F)(F)CC2)CC1.CC(C)N1CCN(C(=O)N2CCC(O)CC2)CC1.CC(C)N1CCN(C(=O)N2CCCC(F)(F)C2)CC1.CC(C)N1CCN(C(=O)N2CCCC(F)C2)CC1.CC(C)N1CCN(C(=O)N2CCOCC2)CC1.CC1CCN(C(=O)N2CCN(C(C)C)CC2)CC1. The van der Waals surface area contributed by atoms with Crippen LogP contribution in [-0.2, 0) is 19.0 Å². The predicted molar refractivity (Wildman–Crippen MR) is 558 cm³/mol. The molecule has 17 aliphatic heterocycles. The number of hydrogen-bond donors (Lipinski definition) is 1. The van der Waals surface area contributed by atoms with Crippen LogP contribution in [-0.4, -0.2) is 579 Å². The minimum atomic E-state index is -2.71. The molecular weight excluding hydrogens is 1870 g/mol. The van der Waals surface area contributed by atoms with Gasteiger partial charge in [-0.1, -0.05) is 6.92 Å². The molecule has 17 rings (SSSR count). The number of aliphatic hydroxyl groups is 1. The van der Waals surface area contributed by atoms with Crippen molar-refractivity contribution in [2.45, 2.75) is 267 Å². The molecular formula is C105H194F5N23O12. The second kappa shape index (κ2) is 59.5. The average Bonchev–Trinajstić information content (AvgIpc) is 1.68. The van der Waals surface area contributed by atoms with Crippen LogP contribution in [0.1, 0.15) is 195 Å². The third-order valence-corrected chi connectivity index (χ3v) is 32.8. The van der Waals surface area contributed by atoms with E-state index in [9.17, 15) is 65.4 Å². The van der Waals surface area contributed by atoms with E-state index in [4.69, 9.17) is 14.2 Å². The summed E-state index contributed by atoms with van der Waals surface area (Å²) < 4.78 is 82.1. The highest BCUT2D eigenvalue weighted by molar-refractivity contribution is 5.80. The maximum Gasteiger partial charge on any atom is 0.320 e. The van der Waals surface area contributed by atoms with Crippen LogP contribution in [0.5, 0.6) is 0 Å². The Kier molecular flexibility index (Phi) is 49.4. The highest BCUT2D eigenvalue weighted by Gasteiger charge is 2.45. The number of alkyl halides is 5. The first kappa shape index (κ1) is 120. The summed E-state index contributed by atoms with van der Waals surface area (Å²) >= 11 is 0. The van der Waals surface area contributed by atoms with Crippen LogP contribution in [0.2, 0.25) is 0 Å². The van der Waals surface area contributed by atoms with Crippen LogP contribution >= 0.6 is 0 Å². The zero-order valence-corrected chi connectivity index (χ0v) is 92.5. The van der Waals surface area contributed by atoms with Gasteiger partial charge in [0.25, 0.3) is 11.8 Å². The molecule has 17 aliphatic rings. The van der Waals surface area contributed by atoms with Gasteiger partial charge in [-0.05, 0) is 174 Å². The Balaban J connectivity index is 0.000000170. The van der Waals surface area contributed by atoms with Gasteiger partial charge in [0.2, 0.25) is 5.91 Å². The number of piperidine rings is 5. The van der Waals surface area contributed by atoms with Crippen molar-refractivity contribution in [3.05, 3.63) is 0 Å². The van der Waals surface area contributed by atoms with Gasteiger partial charge in [-0.25, -0.2) is 55.5 Å². The van der Waals surface area contributed by atoms with Gasteiger partial charge in [-0.15, -0.1) is 0 Å². The zero-order chi connectivity index (χ0) is 105. The van der Waals surface area contributed by atoms with Crippen molar-refractivity contribution in [1.29, 1.82) is 0 Å². The molecule has 15 amide bonds. The third kappa shape index (κ3) is 38.1. The van der Waals surface area contributed by atoms with Crippen molar-refractivity contribution in [3.63, 3.8) is 0 Å². The first-order chi connectivity index (χ1) is 69.0. The average molecular weight is 2070 g/mol. The number of rotatable bonds is 9. The minimum absolute atomic E-state index is 0.0285. The number of hydrogen-bond acceptors (Lipinski definition) is 20. The molecule has 0 aromatic rings. The van der Waals surface area contributed by atoms with E-state index in [0.717, 1.165) is 300 Å². The maximum atomic E-state index is 13.3. The van der Waals surface area contributed by atoms with E-state index in [0.29, 0.717) is 144 Å². The fraction of sp³-hybridized carbons (Fsp3) is 0.924. The molecule has 0 saturated carbocycles. The number of piperazine rings is 8. The fourth-order valence-electron chi connectivity index (χ4n) is 22.2. The molecule has 0 aromatic heterocycles. The van der Waals surface area contributed by atoms with Crippen LogP contribution in [0.15, 0.2) is 0 Å². The molecule has 145 heavy (non-hydrogen) atoms. The Hall–Kier alpha value is -6.47. The van der Waals surface area contributed by atoms with Crippen molar-refractivity contribution in [1.82, 2.24) is 113 Å². The summed E-state index contributed by atoms with van der Waals surface area (Å²) in [6.07, 6.45) is 5.81. The van der Waals surface area contributed by atoms with Crippen molar-refractivity contribution < 1.29 is 79.6 Å². The monoisotopic (exact) mass is 2060 g/mol. The van der Waals surface area contributed by atoms with Gasteiger partial charge >= 0.3 is 42.2 Å². The summed E-state index contributed by atoms with van der Waals surface area (Å²) in [4.78, 5) is 145. The van der Waals surface area contributed by atoms with E-state index >= 15 is 0 Å². The lowest BCUT2D eigenvalue weighted by molar-refractivity contribution is -0.140. The fourth-order valence-corrected chi connectivity index (χ4v) is 22.2. The second-order valence-corrected chi connectivity index (χ2v) is 45.5. The lowest BCUT2D eigenvalue weighted by Gasteiger charge is -2.41. The number of urea groups is 7.